The lowest BCUT2D eigenvalue weighted by Gasteiger charge is -2.32. The molecule has 1 aliphatic heterocycles. The van der Waals surface area contributed by atoms with E-state index in [9.17, 15) is 10.1 Å². The van der Waals surface area contributed by atoms with E-state index in [-0.39, 0.29) is 5.91 Å². The van der Waals surface area contributed by atoms with E-state index in [4.69, 9.17) is 4.42 Å². The maximum Gasteiger partial charge on any atom is 0.239 e. The number of aromatic nitrogens is 1. The van der Waals surface area contributed by atoms with Crippen molar-refractivity contribution in [2.24, 2.45) is 0 Å². The first kappa shape index (κ1) is 18.3. The summed E-state index contributed by atoms with van der Waals surface area (Å²) in [5.41, 5.74) is 2.37. The molecule has 6 heteroatoms. The van der Waals surface area contributed by atoms with E-state index in [0.717, 1.165) is 36.4 Å². The number of piperidine rings is 1. The van der Waals surface area contributed by atoms with Crippen molar-refractivity contribution in [2.75, 3.05) is 18.4 Å². The molecule has 3 heterocycles. The molecule has 0 spiro atoms. The molecule has 0 aromatic carbocycles. The van der Waals surface area contributed by atoms with Gasteiger partial charge >= 0.3 is 0 Å². The lowest BCUT2D eigenvalue weighted by Crippen LogP contribution is -2.42. The van der Waals surface area contributed by atoms with Crippen LogP contribution in [0.25, 0.3) is 0 Å². The third kappa shape index (κ3) is 3.68. The van der Waals surface area contributed by atoms with Crippen LogP contribution in [0.5, 0.6) is 0 Å². The second-order valence-electron chi connectivity index (χ2n) is 7.07. The van der Waals surface area contributed by atoms with Crippen LogP contribution >= 0.6 is 0 Å². The molecule has 2 aromatic heterocycles. The molecule has 1 atom stereocenters. The van der Waals surface area contributed by atoms with E-state index in [0.29, 0.717) is 30.5 Å². The Labute approximate surface area is 154 Å². The third-order valence-corrected chi connectivity index (χ3v) is 5.38. The highest BCUT2D eigenvalue weighted by Gasteiger charge is 2.24. The molecule has 0 bridgehead atoms. The van der Waals surface area contributed by atoms with Gasteiger partial charge in [0.05, 0.1) is 24.9 Å². The number of nitrogens with zero attached hydrogens (tertiary/aromatic N) is 3. The van der Waals surface area contributed by atoms with Gasteiger partial charge in [-0.3, -0.25) is 9.69 Å². The van der Waals surface area contributed by atoms with Crippen LogP contribution in [0.1, 0.15) is 48.8 Å². The number of rotatable bonds is 5. The zero-order valence-electron chi connectivity index (χ0n) is 15.7. The van der Waals surface area contributed by atoms with Crippen molar-refractivity contribution in [3.63, 3.8) is 0 Å². The van der Waals surface area contributed by atoms with Gasteiger partial charge in [0.25, 0.3) is 0 Å². The first-order valence-electron chi connectivity index (χ1n) is 9.17. The molecule has 2 aromatic rings. The third-order valence-electron chi connectivity index (χ3n) is 5.38. The van der Waals surface area contributed by atoms with Crippen molar-refractivity contribution >= 4 is 11.7 Å². The predicted octanol–water partition coefficient (Wildman–Crippen LogP) is 3.43. The Kier molecular flexibility index (Phi) is 5.48. The predicted molar refractivity (Wildman–Crippen MR) is 99.9 cm³/mol. The Morgan fingerprint density at radius 3 is 2.88 bits per heavy atom. The van der Waals surface area contributed by atoms with Gasteiger partial charge in [0.1, 0.15) is 17.6 Å². The maximum atomic E-state index is 12.7. The second kappa shape index (κ2) is 7.79. The second-order valence-corrected chi connectivity index (χ2v) is 7.07. The summed E-state index contributed by atoms with van der Waals surface area (Å²) < 4.78 is 7.39. The number of hydrogen-bond donors (Lipinski definition) is 1. The molecular weight excluding hydrogens is 328 g/mol. The van der Waals surface area contributed by atoms with Gasteiger partial charge in [-0.15, -0.1) is 0 Å². The number of amides is 1. The standard InChI is InChI=1S/C20H26N4O2/c1-14-7-4-5-9-23(14)13-19(25)22-20-18(11-21)15(2)16(3)24(20)12-17-8-6-10-26-17/h6,8,10,14H,4-5,7,9,12-13H2,1-3H3,(H,22,25)/t14-/m1/s1. The van der Waals surface area contributed by atoms with E-state index < -0.39 is 0 Å². The Morgan fingerprint density at radius 2 is 2.23 bits per heavy atom. The summed E-state index contributed by atoms with van der Waals surface area (Å²) in [4.78, 5) is 14.9. The first-order valence-corrected chi connectivity index (χ1v) is 9.17. The fraction of sp³-hybridized carbons (Fsp3) is 0.500. The Hall–Kier alpha value is -2.52. The van der Waals surface area contributed by atoms with Gasteiger partial charge in [0, 0.05) is 11.7 Å². The van der Waals surface area contributed by atoms with E-state index in [1.165, 1.54) is 6.42 Å². The monoisotopic (exact) mass is 354 g/mol. The number of anilines is 1. The lowest BCUT2D eigenvalue weighted by atomic mass is 10.0. The van der Waals surface area contributed by atoms with Crippen molar-refractivity contribution in [3.05, 3.63) is 41.0 Å². The number of nitrogens with one attached hydrogen (secondary N) is 1. The summed E-state index contributed by atoms with van der Waals surface area (Å²) in [6, 6.07) is 6.39. The van der Waals surface area contributed by atoms with Gasteiger partial charge in [-0.1, -0.05) is 6.42 Å². The molecule has 138 valence electrons. The minimum atomic E-state index is -0.0755. The van der Waals surface area contributed by atoms with Gasteiger partial charge in [-0.05, 0) is 57.9 Å². The number of nitriles is 1. The van der Waals surface area contributed by atoms with Crippen LogP contribution in [-0.2, 0) is 11.3 Å². The van der Waals surface area contributed by atoms with Crippen molar-refractivity contribution in [3.8, 4) is 6.07 Å². The summed E-state index contributed by atoms with van der Waals surface area (Å²) in [7, 11) is 0. The van der Waals surface area contributed by atoms with Crippen LogP contribution in [0, 0.1) is 25.2 Å². The average molecular weight is 354 g/mol. The van der Waals surface area contributed by atoms with E-state index >= 15 is 0 Å². The topological polar surface area (TPSA) is 74.2 Å². The molecule has 0 saturated carbocycles. The molecule has 26 heavy (non-hydrogen) atoms. The van der Waals surface area contributed by atoms with Crippen LogP contribution in [0.15, 0.2) is 22.8 Å². The van der Waals surface area contributed by atoms with Crippen molar-refractivity contribution in [1.29, 1.82) is 5.26 Å². The fourth-order valence-electron chi connectivity index (χ4n) is 3.63. The summed E-state index contributed by atoms with van der Waals surface area (Å²) in [5.74, 6) is 1.27. The Balaban J connectivity index is 1.82. The molecule has 0 radical (unpaired) electrons. The van der Waals surface area contributed by atoms with Crippen LogP contribution in [0.4, 0.5) is 5.82 Å². The zero-order chi connectivity index (χ0) is 18.7. The maximum absolute atomic E-state index is 12.7. The number of hydrogen-bond acceptors (Lipinski definition) is 4. The minimum Gasteiger partial charge on any atom is -0.467 e. The molecule has 6 nitrogen and oxygen atoms in total. The number of likely N-dealkylation sites (tertiary alicyclic amines) is 1. The molecule has 3 rings (SSSR count). The van der Waals surface area contributed by atoms with Crippen molar-refractivity contribution in [1.82, 2.24) is 9.47 Å². The number of carbonyl (C=O) groups is 1. The zero-order valence-corrected chi connectivity index (χ0v) is 15.7. The quantitative estimate of drug-likeness (QED) is 0.893. The highest BCUT2D eigenvalue weighted by Crippen LogP contribution is 2.27. The average Bonchev–Trinajstić information content (AvgIpc) is 3.20. The summed E-state index contributed by atoms with van der Waals surface area (Å²) >= 11 is 0. The SMILES string of the molecule is Cc1c(C#N)c(NC(=O)CN2CCCC[C@H]2C)n(Cc2ccco2)c1C. The molecule has 0 unspecified atom stereocenters. The summed E-state index contributed by atoms with van der Waals surface area (Å²) in [6.45, 7) is 7.83. The highest BCUT2D eigenvalue weighted by atomic mass is 16.3. The van der Waals surface area contributed by atoms with Gasteiger partial charge in [0.15, 0.2) is 0 Å². The molecular formula is C20H26N4O2. The Bertz CT molecular complexity index is 814. The van der Waals surface area contributed by atoms with E-state index in [1.54, 1.807) is 6.26 Å². The van der Waals surface area contributed by atoms with Gasteiger partial charge in [-0.2, -0.15) is 5.26 Å². The van der Waals surface area contributed by atoms with E-state index in [1.807, 2.05) is 30.5 Å². The van der Waals surface area contributed by atoms with Gasteiger partial charge in [0.2, 0.25) is 5.91 Å². The smallest absolute Gasteiger partial charge is 0.239 e. The van der Waals surface area contributed by atoms with Crippen LogP contribution < -0.4 is 5.32 Å². The van der Waals surface area contributed by atoms with Gasteiger partial charge in [-0.25, -0.2) is 0 Å². The number of furan rings is 1. The minimum absolute atomic E-state index is 0.0755. The molecule has 1 aliphatic rings. The molecule has 1 amide bonds. The Morgan fingerprint density at radius 1 is 1.42 bits per heavy atom. The normalized spacial score (nSPS) is 17.8. The first-order chi connectivity index (χ1) is 12.5. The molecule has 0 aliphatic carbocycles. The van der Waals surface area contributed by atoms with E-state index in [2.05, 4.69) is 23.2 Å². The van der Waals surface area contributed by atoms with Crippen molar-refractivity contribution < 1.29 is 9.21 Å². The van der Waals surface area contributed by atoms with Gasteiger partial charge < -0.3 is 14.3 Å². The van der Waals surface area contributed by atoms with Crippen LogP contribution in [0.3, 0.4) is 0 Å². The van der Waals surface area contributed by atoms with Crippen LogP contribution in [0.2, 0.25) is 0 Å². The highest BCUT2D eigenvalue weighted by molar-refractivity contribution is 5.93. The summed E-state index contributed by atoms with van der Waals surface area (Å²) in [5, 5.41) is 12.6. The molecule has 1 fully saturated rings. The molecule has 1 saturated heterocycles. The molecule has 1 N–H and O–H groups in total. The summed E-state index contributed by atoms with van der Waals surface area (Å²) in [6.07, 6.45) is 5.11. The lowest BCUT2D eigenvalue weighted by molar-refractivity contribution is -0.118. The van der Waals surface area contributed by atoms with Crippen molar-refractivity contribution in [2.45, 2.75) is 52.6 Å². The largest absolute Gasteiger partial charge is 0.467 e. The number of carbonyl (C=O) groups excluding carboxylic acids is 1. The van der Waals surface area contributed by atoms with Crippen LogP contribution in [-0.4, -0.2) is 34.5 Å². The fourth-order valence-corrected chi connectivity index (χ4v) is 3.63.